The van der Waals surface area contributed by atoms with Crippen LogP contribution in [0, 0.1) is 0 Å². The molecule has 0 aliphatic heterocycles. The van der Waals surface area contributed by atoms with Crippen LogP contribution in [0.4, 0.5) is 0 Å². The summed E-state index contributed by atoms with van der Waals surface area (Å²) < 4.78 is 5.53. The van der Waals surface area contributed by atoms with E-state index in [1.807, 2.05) is 24.3 Å². The highest BCUT2D eigenvalue weighted by Crippen LogP contribution is 2.22. The van der Waals surface area contributed by atoms with Gasteiger partial charge in [-0.15, -0.1) is 0 Å². The molecule has 0 saturated carbocycles. The summed E-state index contributed by atoms with van der Waals surface area (Å²) >= 11 is 11.8. The van der Waals surface area contributed by atoms with Crippen molar-refractivity contribution in [3.05, 3.63) is 70.3 Å². The predicted molar refractivity (Wildman–Crippen MR) is 99.4 cm³/mol. The van der Waals surface area contributed by atoms with Crippen LogP contribution in [0.2, 0.25) is 10.0 Å². The normalized spacial score (nSPS) is 11.0. The van der Waals surface area contributed by atoms with Gasteiger partial charge in [0.25, 0.3) is 5.91 Å². The van der Waals surface area contributed by atoms with Gasteiger partial charge in [0.05, 0.1) is 11.2 Å². The molecule has 0 spiro atoms. The molecule has 1 aromatic heterocycles. The first-order valence-corrected chi connectivity index (χ1v) is 8.12. The van der Waals surface area contributed by atoms with Crippen molar-refractivity contribution in [3.8, 4) is 5.75 Å². The molecule has 0 bridgehead atoms. The lowest BCUT2D eigenvalue weighted by Crippen LogP contribution is -2.24. The lowest BCUT2D eigenvalue weighted by Gasteiger charge is -2.07. The predicted octanol–water partition coefficient (Wildman–Crippen LogP) is 4.07. The molecule has 5 nitrogen and oxygen atoms in total. The van der Waals surface area contributed by atoms with E-state index < -0.39 is 5.91 Å². The SMILES string of the molecule is O=C(COc1cccc2cccnc12)N/N=C\c1ccc(Cl)cc1Cl. The lowest BCUT2D eigenvalue weighted by molar-refractivity contribution is -0.123. The summed E-state index contributed by atoms with van der Waals surface area (Å²) in [6.45, 7) is -0.179. The molecule has 0 aliphatic rings. The number of rotatable bonds is 5. The number of carbonyl (C=O) groups is 1. The second kappa shape index (κ2) is 7.96. The number of aromatic nitrogens is 1. The molecule has 3 rings (SSSR count). The van der Waals surface area contributed by atoms with Crippen LogP contribution < -0.4 is 10.2 Å². The minimum Gasteiger partial charge on any atom is -0.481 e. The van der Waals surface area contributed by atoms with Crippen LogP contribution in [0.5, 0.6) is 5.75 Å². The van der Waals surface area contributed by atoms with Crippen molar-refractivity contribution in [2.75, 3.05) is 6.61 Å². The Hall–Kier alpha value is -2.63. The van der Waals surface area contributed by atoms with Gasteiger partial charge in [-0.3, -0.25) is 9.78 Å². The molecule has 0 radical (unpaired) electrons. The molecule has 2 aromatic carbocycles. The minimum atomic E-state index is -0.394. The number of fused-ring (bicyclic) bond motifs is 1. The van der Waals surface area contributed by atoms with E-state index in [1.54, 1.807) is 30.5 Å². The maximum atomic E-state index is 11.9. The van der Waals surface area contributed by atoms with Crippen LogP contribution in [0.25, 0.3) is 10.9 Å². The third kappa shape index (κ3) is 4.47. The van der Waals surface area contributed by atoms with E-state index in [0.717, 1.165) is 5.39 Å². The van der Waals surface area contributed by atoms with Gasteiger partial charge in [-0.2, -0.15) is 5.10 Å². The largest absolute Gasteiger partial charge is 0.481 e. The van der Waals surface area contributed by atoms with Crippen LogP contribution >= 0.6 is 23.2 Å². The fourth-order valence-corrected chi connectivity index (χ4v) is 2.61. The van der Waals surface area contributed by atoms with Gasteiger partial charge in [-0.1, -0.05) is 47.5 Å². The third-order valence-electron chi connectivity index (χ3n) is 3.31. The number of hydrogen-bond acceptors (Lipinski definition) is 4. The molecule has 1 amide bonds. The standard InChI is InChI=1S/C18H13Cl2N3O2/c19-14-7-6-13(15(20)9-14)10-22-23-17(24)11-25-16-5-1-3-12-4-2-8-21-18(12)16/h1-10H,11H2,(H,23,24)/b22-10-. The first kappa shape index (κ1) is 17.2. The fraction of sp³-hybridized carbons (Fsp3) is 0.0556. The molecule has 0 atom stereocenters. The van der Waals surface area contributed by atoms with Gasteiger partial charge >= 0.3 is 0 Å². The number of ether oxygens (including phenoxy) is 1. The van der Waals surface area contributed by atoms with E-state index in [1.165, 1.54) is 6.21 Å². The second-order valence-corrected chi connectivity index (χ2v) is 5.92. The molecule has 1 N–H and O–H groups in total. The van der Waals surface area contributed by atoms with Gasteiger partial charge in [0.2, 0.25) is 0 Å². The summed E-state index contributed by atoms with van der Waals surface area (Å²) in [6.07, 6.45) is 3.12. The smallest absolute Gasteiger partial charge is 0.277 e. The van der Waals surface area contributed by atoms with E-state index >= 15 is 0 Å². The van der Waals surface area contributed by atoms with Crippen molar-refractivity contribution in [2.45, 2.75) is 0 Å². The molecule has 0 fully saturated rings. The number of hydrazone groups is 1. The zero-order valence-electron chi connectivity index (χ0n) is 12.9. The average molecular weight is 374 g/mol. The van der Waals surface area contributed by atoms with Gasteiger partial charge in [-0.25, -0.2) is 5.43 Å². The van der Waals surface area contributed by atoms with Gasteiger partial charge in [0.15, 0.2) is 6.61 Å². The number of nitrogens with zero attached hydrogens (tertiary/aromatic N) is 2. The van der Waals surface area contributed by atoms with Crippen molar-refractivity contribution in [3.63, 3.8) is 0 Å². The highest BCUT2D eigenvalue weighted by Gasteiger charge is 2.06. The van der Waals surface area contributed by atoms with Gasteiger partial charge in [0.1, 0.15) is 11.3 Å². The Morgan fingerprint density at radius 3 is 2.88 bits per heavy atom. The Bertz CT molecular complexity index is 939. The van der Waals surface area contributed by atoms with Crippen molar-refractivity contribution in [1.82, 2.24) is 10.4 Å². The first-order chi connectivity index (χ1) is 12.1. The molecule has 0 unspecified atom stereocenters. The first-order valence-electron chi connectivity index (χ1n) is 7.37. The number of benzene rings is 2. The summed E-state index contributed by atoms with van der Waals surface area (Å²) in [4.78, 5) is 16.1. The Morgan fingerprint density at radius 2 is 2.04 bits per heavy atom. The summed E-state index contributed by atoms with van der Waals surface area (Å²) in [5, 5.41) is 5.78. The number of nitrogens with one attached hydrogen (secondary N) is 1. The highest BCUT2D eigenvalue weighted by atomic mass is 35.5. The van der Waals surface area contributed by atoms with E-state index in [4.69, 9.17) is 27.9 Å². The number of hydrogen-bond donors (Lipinski definition) is 1. The summed E-state index contributed by atoms with van der Waals surface area (Å²) in [6, 6.07) is 14.3. The Balaban J connectivity index is 1.58. The van der Waals surface area contributed by atoms with Crippen molar-refractivity contribution in [2.24, 2.45) is 5.10 Å². The van der Waals surface area contributed by atoms with E-state index in [0.29, 0.717) is 26.9 Å². The average Bonchev–Trinajstić information content (AvgIpc) is 2.62. The number of para-hydroxylation sites is 1. The fourth-order valence-electron chi connectivity index (χ4n) is 2.15. The third-order valence-corrected chi connectivity index (χ3v) is 3.87. The maximum Gasteiger partial charge on any atom is 0.277 e. The zero-order valence-corrected chi connectivity index (χ0v) is 14.5. The van der Waals surface area contributed by atoms with Crippen molar-refractivity contribution < 1.29 is 9.53 Å². The van der Waals surface area contributed by atoms with Gasteiger partial charge in [-0.05, 0) is 24.3 Å². The number of carbonyl (C=O) groups excluding carboxylic acids is 1. The Kier molecular flexibility index (Phi) is 5.48. The van der Waals surface area contributed by atoms with Gasteiger partial charge < -0.3 is 4.74 Å². The number of halogens is 2. The van der Waals surface area contributed by atoms with Crippen LogP contribution in [0.15, 0.2) is 59.8 Å². The second-order valence-electron chi connectivity index (χ2n) is 5.08. The highest BCUT2D eigenvalue weighted by molar-refractivity contribution is 6.36. The van der Waals surface area contributed by atoms with Crippen LogP contribution in [-0.2, 0) is 4.79 Å². The van der Waals surface area contributed by atoms with Crippen LogP contribution in [-0.4, -0.2) is 23.7 Å². The quantitative estimate of drug-likeness (QED) is 0.541. The van der Waals surface area contributed by atoms with Crippen molar-refractivity contribution in [1.29, 1.82) is 0 Å². The molecular formula is C18H13Cl2N3O2. The molecule has 0 aliphatic carbocycles. The molecule has 0 saturated heterocycles. The maximum absolute atomic E-state index is 11.9. The Morgan fingerprint density at radius 1 is 1.20 bits per heavy atom. The molecule has 3 aromatic rings. The molecule has 25 heavy (non-hydrogen) atoms. The number of pyridine rings is 1. The molecule has 7 heteroatoms. The lowest BCUT2D eigenvalue weighted by atomic mass is 10.2. The van der Waals surface area contributed by atoms with Crippen LogP contribution in [0.1, 0.15) is 5.56 Å². The van der Waals surface area contributed by atoms with E-state index in [-0.39, 0.29) is 6.61 Å². The van der Waals surface area contributed by atoms with E-state index in [2.05, 4.69) is 15.5 Å². The number of amides is 1. The summed E-state index contributed by atoms with van der Waals surface area (Å²) in [5.41, 5.74) is 3.73. The monoisotopic (exact) mass is 373 g/mol. The molecule has 126 valence electrons. The van der Waals surface area contributed by atoms with Crippen LogP contribution in [0.3, 0.4) is 0 Å². The summed E-state index contributed by atoms with van der Waals surface area (Å²) in [5.74, 6) is 0.146. The van der Waals surface area contributed by atoms with Gasteiger partial charge in [0, 0.05) is 22.2 Å². The minimum absolute atomic E-state index is 0.179. The zero-order chi connectivity index (χ0) is 17.6. The van der Waals surface area contributed by atoms with Crippen molar-refractivity contribution >= 4 is 46.2 Å². The summed E-state index contributed by atoms with van der Waals surface area (Å²) in [7, 11) is 0. The molecular weight excluding hydrogens is 361 g/mol. The van der Waals surface area contributed by atoms with E-state index in [9.17, 15) is 4.79 Å². The molecule has 1 heterocycles. The Labute approximate surface area is 154 Å². The topological polar surface area (TPSA) is 63.6 Å².